The summed E-state index contributed by atoms with van der Waals surface area (Å²) < 4.78 is 23.6. The van der Waals surface area contributed by atoms with E-state index in [-0.39, 0.29) is 6.61 Å². The number of hydrogen-bond donors (Lipinski definition) is 4. The molecule has 1 fully saturated rings. The number of aliphatic hydroxyl groups excluding tert-OH is 3. The van der Waals surface area contributed by atoms with Crippen molar-refractivity contribution in [2.75, 3.05) is 6.61 Å². The van der Waals surface area contributed by atoms with Crippen molar-refractivity contribution in [3.8, 4) is 0 Å². The number of hydrogen-bond acceptors (Lipinski definition) is 5. The largest absolute Gasteiger partial charge is 0.388 e. The summed E-state index contributed by atoms with van der Waals surface area (Å²) in [6.07, 6.45) is -4.17. The predicted molar refractivity (Wildman–Crippen MR) is 38.5 cm³/mol. The van der Waals surface area contributed by atoms with Gasteiger partial charge >= 0.3 is 0 Å². The summed E-state index contributed by atoms with van der Waals surface area (Å²) >= 11 is -2.36. The molecule has 0 amide bonds. The van der Waals surface area contributed by atoms with Crippen LogP contribution >= 0.6 is 0 Å². The lowest BCUT2D eigenvalue weighted by molar-refractivity contribution is -0.163. The Kier molecular flexibility index (Phi) is 3.16. The van der Waals surface area contributed by atoms with E-state index in [0.717, 1.165) is 0 Å². The molecule has 7 heteroatoms. The molecule has 0 bridgehead atoms. The van der Waals surface area contributed by atoms with Crippen molar-refractivity contribution >= 4 is 11.1 Å². The molecule has 1 aliphatic rings. The Morgan fingerprint density at radius 2 is 1.83 bits per heavy atom. The van der Waals surface area contributed by atoms with Gasteiger partial charge in [-0.2, -0.15) is 0 Å². The quantitative estimate of drug-likeness (QED) is 0.351. The topological polar surface area (TPSA) is 107 Å². The smallest absolute Gasteiger partial charge is 0.186 e. The lowest BCUT2D eigenvalue weighted by Gasteiger charge is -2.32. The first-order valence-corrected chi connectivity index (χ1v) is 4.46. The highest BCUT2D eigenvalue weighted by molar-refractivity contribution is 7.79. The van der Waals surface area contributed by atoms with Gasteiger partial charge in [0.2, 0.25) is 0 Å². The van der Waals surface area contributed by atoms with Crippen LogP contribution in [0.15, 0.2) is 0 Å². The maximum absolute atomic E-state index is 10.5. The van der Waals surface area contributed by atoms with Crippen molar-refractivity contribution < 1.29 is 28.8 Å². The Morgan fingerprint density at radius 1 is 1.25 bits per heavy atom. The molecule has 1 rings (SSSR count). The van der Waals surface area contributed by atoms with Gasteiger partial charge in [0.05, 0.1) is 6.61 Å². The van der Waals surface area contributed by atoms with Crippen LogP contribution in [0.3, 0.4) is 0 Å². The molecule has 0 saturated carbocycles. The highest BCUT2D eigenvalue weighted by Gasteiger charge is 2.40. The van der Waals surface area contributed by atoms with Crippen LogP contribution in [0, 0.1) is 0 Å². The third kappa shape index (κ3) is 1.82. The zero-order valence-corrected chi connectivity index (χ0v) is 6.85. The molecule has 2 unspecified atom stereocenters. The maximum atomic E-state index is 10.5. The monoisotopic (exact) mass is 198 g/mol. The van der Waals surface area contributed by atoms with Gasteiger partial charge in [0.25, 0.3) is 0 Å². The van der Waals surface area contributed by atoms with Gasteiger partial charge < -0.3 is 24.6 Å². The fraction of sp³-hybridized carbons (Fsp3) is 1.00. The van der Waals surface area contributed by atoms with Crippen LogP contribution in [0.4, 0.5) is 0 Å². The van der Waals surface area contributed by atoms with Crippen LogP contribution in [0.25, 0.3) is 0 Å². The molecule has 0 aromatic carbocycles. The van der Waals surface area contributed by atoms with Crippen molar-refractivity contribution in [2.45, 2.75) is 23.7 Å². The van der Waals surface area contributed by atoms with E-state index in [9.17, 15) is 4.21 Å². The third-order valence-corrected chi connectivity index (χ3v) is 2.47. The first kappa shape index (κ1) is 10.0. The number of rotatable bonds is 1. The van der Waals surface area contributed by atoms with Gasteiger partial charge in [0.15, 0.2) is 16.5 Å². The molecule has 1 saturated heterocycles. The van der Waals surface area contributed by atoms with Crippen LogP contribution < -0.4 is 0 Å². The van der Waals surface area contributed by atoms with Gasteiger partial charge in [-0.25, -0.2) is 4.21 Å². The predicted octanol–water partition coefficient (Wildman–Crippen LogP) is -2.35. The van der Waals surface area contributed by atoms with Crippen LogP contribution in [-0.2, 0) is 15.8 Å². The second-order valence-electron chi connectivity index (χ2n) is 2.53. The van der Waals surface area contributed by atoms with E-state index >= 15 is 0 Å². The molecule has 0 aliphatic carbocycles. The Bertz CT molecular complexity index is 185. The molecule has 0 radical (unpaired) electrons. The fourth-order valence-electron chi connectivity index (χ4n) is 0.957. The molecule has 5 atom stereocenters. The summed E-state index contributed by atoms with van der Waals surface area (Å²) in [6.45, 7) is -0.255. The summed E-state index contributed by atoms with van der Waals surface area (Å²) in [4.78, 5) is 0. The minimum atomic E-state index is -2.36. The SMILES string of the molecule is O=S(O)C1OC[C@@H](O)[C@H](O)[C@@H]1O. The molecular weight excluding hydrogens is 188 g/mol. The molecule has 0 spiro atoms. The highest BCUT2D eigenvalue weighted by atomic mass is 32.2. The Balaban J connectivity index is 2.65. The molecule has 6 nitrogen and oxygen atoms in total. The molecule has 1 aliphatic heterocycles. The van der Waals surface area contributed by atoms with Gasteiger partial charge in [-0.1, -0.05) is 0 Å². The highest BCUT2D eigenvalue weighted by Crippen LogP contribution is 2.16. The number of ether oxygens (including phenoxy) is 1. The lowest BCUT2D eigenvalue weighted by atomic mass is 10.1. The van der Waals surface area contributed by atoms with Gasteiger partial charge in [-0.15, -0.1) is 0 Å². The maximum Gasteiger partial charge on any atom is 0.186 e. The van der Waals surface area contributed by atoms with E-state index in [2.05, 4.69) is 4.74 Å². The minimum absolute atomic E-state index is 0.255. The normalized spacial score (nSPS) is 45.7. The van der Waals surface area contributed by atoms with E-state index in [1.54, 1.807) is 0 Å². The minimum Gasteiger partial charge on any atom is -0.388 e. The zero-order chi connectivity index (χ0) is 9.30. The van der Waals surface area contributed by atoms with Crippen molar-refractivity contribution in [2.24, 2.45) is 0 Å². The molecular formula is C5H10O6S. The summed E-state index contributed by atoms with van der Waals surface area (Å²) in [5.74, 6) is 0. The zero-order valence-electron chi connectivity index (χ0n) is 6.03. The second-order valence-corrected chi connectivity index (χ2v) is 3.54. The van der Waals surface area contributed by atoms with E-state index in [4.69, 9.17) is 19.9 Å². The van der Waals surface area contributed by atoms with Gasteiger partial charge in [-0.3, -0.25) is 0 Å². The molecule has 1 heterocycles. The fourth-order valence-corrected chi connectivity index (χ4v) is 1.55. The second kappa shape index (κ2) is 3.77. The Labute approximate surface area is 71.1 Å². The van der Waals surface area contributed by atoms with E-state index < -0.39 is 34.8 Å². The number of aliphatic hydroxyl groups is 3. The van der Waals surface area contributed by atoms with E-state index in [1.165, 1.54) is 0 Å². The summed E-state index contributed by atoms with van der Waals surface area (Å²) in [5, 5.41) is 27.1. The molecule has 0 aromatic rings. The molecule has 72 valence electrons. The first-order valence-electron chi connectivity index (χ1n) is 3.29. The summed E-state index contributed by atoms with van der Waals surface area (Å²) in [5.41, 5.74) is -1.34. The van der Waals surface area contributed by atoms with Crippen molar-refractivity contribution in [3.05, 3.63) is 0 Å². The van der Waals surface area contributed by atoms with Gasteiger partial charge in [-0.05, 0) is 0 Å². The van der Waals surface area contributed by atoms with E-state index in [0.29, 0.717) is 0 Å². The van der Waals surface area contributed by atoms with Crippen LogP contribution in [0.2, 0.25) is 0 Å². The van der Waals surface area contributed by atoms with Crippen molar-refractivity contribution in [1.29, 1.82) is 0 Å². The van der Waals surface area contributed by atoms with Crippen LogP contribution in [0.5, 0.6) is 0 Å². The molecule has 4 N–H and O–H groups in total. The molecule has 0 aromatic heterocycles. The van der Waals surface area contributed by atoms with E-state index in [1.807, 2.05) is 0 Å². The average molecular weight is 198 g/mol. The van der Waals surface area contributed by atoms with Crippen molar-refractivity contribution in [1.82, 2.24) is 0 Å². The Hall–Kier alpha value is -0.0500. The lowest BCUT2D eigenvalue weighted by Crippen LogP contribution is -2.54. The molecule has 12 heavy (non-hydrogen) atoms. The third-order valence-electron chi connectivity index (χ3n) is 1.65. The summed E-state index contributed by atoms with van der Waals surface area (Å²) in [6, 6.07) is 0. The average Bonchev–Trinajstić information content (AvgIpc) is 2.00. The Morgan fingerprint density at radius 3 is 2.33 bits per heavy atom. The standard InChI is InChI=1S/C5H10O6S/c6-2-1-11-5(12(9)10)4(8)3(2)7/h2-8H,1H2,(H,9,10)/t2-,3+,4+,5?/m1/s1. The van der Waals surface area contributed by atoms with Gasteiger partial charge in [0.1, 0.15) is 18.3 Å². The first-order chi connectivity index (χ1) is 5.54. The van der Waals surface area contributed by atoms with Gasteiger partial charge in [0, 0.05) is 0 Å². The van der Waals surface area contributed by atoms with Crippen molar-refractivity contribution in [3.63, 3.8) is 0 Å². The van der Waals surface area contributed by atoms with Crippen LogP contribution in [0.1, 0.15) is 0 Å². The van der Waals surface area contributed by atoms with Crippen LogP contribution in [-0.4, -0.2) is 54.4 Å². The summed E-state index contributed by atoms with van der Waals surface area (Å²) in [7, 11) is 0.